The summed E-state index contributed by atoms with van der Waals surface area (Å²) < 4.78 is 9.89. The fourth-order valence-corrected chi connectivity index (χ4v) is 1.30. The quantitative estimate of drug-likeness (QED) is 0.364. The summed E-state index contributed by atoms with van der Waals surface area (Å²) in [5, 5.41) is 0. The summed E-state index contributed by atoms with van der Waals surface area (Å²) in [6.45, 7) is 2.58. The van der Waals surface area contributed by atoms with Crippen LogP contribution in [0.2, 0.25) is 0 Å². The molecular formula is C13H18O3Pu. The van der Waals surface area contributed by atoms with Crippen molar-refractivity contribution in [3.8, 4) is 5.75 Å². The molecule has 0 saturated heterocycles. The van der Waals surface area contributed by atoms with Gasteiger partial charge in [-0.1, -0.05) is 44.4 Å². The van der Waals surface area contributed by atoms with Crippen molar-refractivity contribution in [1.82, 2.24) is 0 Å². The fourth-order valence-electron chi connectivity index (χ4n) is 1.30. The Balaban J connectivity index is 0.00000256. The first-order valence-electron chi connectivity index (χ1n) is 5.72. The number of hydrogen-bond acceptors (Lipinski definition) is 3. The first kappa shape index (κ1) is 16.5. The molecule has 1 aromatic carbocycles. The van der Waals surface area contributed by atoms with Crippen LogP contribution in [-0.2, 0) is 4.74 Å². The molecule has 17 heavy (non-hydrogen) atoms. The van der Waals surface area contributed by atoms with Gasteiger partial charge >= 0.3 is 6.16 Å². The van der Waals surface area contributed by atoms with Crippen LogP contribution in [0.5, 0.6) is 5.75 Å². The van der Waals surface area contributed by atoms with Crippen LogP contribution < -0.4 is 4.74 Å². The summed E-state index contributed by atoms with van der Waals surface area (Å²) in [6.07, 6.45) is 3.72. The second-order valence-corrected chi connectivity index (χ2v) is 3.57. The maximum Gasteiger partial charge on any atom is 0.513 e. The van der Waals surface area contributed by atoms with Crippen LogP contribution >= 0.6 is 0 Å². The van der Waals surface area contributed by atoms with Crippen LogP contribution in [0.1, 0.15) is 32.6 Å². The molecule has 0 aliphatic rings. The van der Waals surface area contributed by atoms with Gasteiger partial charge in [-0.2, -0.15) is 0 Å². The van der Waals surface area contributed by atoms with E-state index in [-0.39, 0.29) is 29.2 Å². The van der Waals surface area contributed by atoms with Crippen molar-refractivity contribution in [2.24, 2.45) is 0 Å². The molecule has 4 heteroatoms. The van der Waals surface area contributed by atoms with Crippen LogP contribution in [0.15, 0.2) is 30.3 Å². The summed E-state index contributed by atoms with van der Waals surface area (Å²) in [5.74, 6) is 0.515. The molecule has 1 aromatic rings. The predicted octanol–water partition coefficient (Wildman–Crippen LogP) is 3.78. The number of unbranched alkanes of at least 4 members (excludes halogenated alkanes) is 3. The first-order valence-corrected chi connectivity index (χ1v) is 5.72. The third-order valence-corrected chi connectivity index (χ3v) is 2.16. The van der Waals surface area contributed by atoms with E-state index >= 15 is 0 Å². The molecule has 0 aliphatic heterocycles. The van der Waals surface area contributed by atoms with Crippen molar-refractivity contribution in [1.29, 1.82) is 0 Å². The molecule has 1 rings (SSSR count). The number of hydrogen-bond donors (Lipinski definition) is 0. The van der Waals surface area contributed by atoms with Crippen molar-refractivity contribution in [3.63, 3.8) is 0 Å². The topological polar surface area (TPSA) is 35.5 Å². The number of ether oxygens (including phenoxy) is 2. The van der Waals surface area contributed by atoms with Crippen LogP contribution in [-0.4, -0.2) is 12.8 Å². The van der Waals surface area contributed by atoms with Gasteiger partial charge in [0.05, 0.1) is 6.61 Å². The summed E-state index contributed by atoms with van der Waals surface area (Å²) in [7, 11) is 0. The minimum absolute atomic E-state index is 0. The number of carbonyl (C=O) groups excluding carboxylic acids is 1. The largest absolute Gasteiger partial charge is 0.513 e. The van der Waals surface area contributed by atoms with Crippen LogP contribution in [0, 0.1) is 29.2 Å². The number of carbonyl (C=O) groups is 1. The van der Waals surface area contributed by atoms with Crippen molar-refractivity contribution in [2.75, 3.05) is 6.61 Å². The molecule has 0 heterocycles. The molecule has 0 fully saturated rings. The molecule has 0 amide bonds. The molecule has 0 aromatic heterocycles. The molecule has 0 radical (unpaired) electrons. The van der Waals surface area contributed by atoms with Crippen molar-refractivity contribution >= 4 is 6.16 Å². The Hall–Kier alpha value is -0.523. The Morgan fingerprint density at radius 1 is 1.12 bits per heavy atom. The van der Waals surface area contributed by atoms with E-state index in [0.29, 0.717) is 12.4 Å². The normalized spacial score (nSPS) is 9.24. The summed E-state index contributed by atoms with van der Waals surface area (Å²) in [5.41, 5.74) is 0. The average molecular weight is 466 g/mol. The van der Waals surface area contributed by atoms with Crippen LogP contribution in [0.25, 0.3) is 0 Å². The Labute approximate surface area is 124 Å². The van der Waals surface area contributed by atoms with E-state index in [1.807, 2.05) is 18.2 Å². The fraction of sp³-hybridized carbons (Fsp3) is 0.462. The zero-order chi connectivity index (χ0) is 11.6. The Kier molecular flexibility index (Phi) is 10.3. The van der Waals surface area contributed by atoms with Gasteiger partial charge in [-0.25, -0.2) is 4.79 Å². The molecule has 0 N–H and O–H groups in total. The molecule has 0 aliphatic carbocycles. The van der Waals surface area contributed by atoms with E-state index < -0.39 is 6.16 Å². The van der Waals surface area contributed by atoms with Gasteiger partial charge in [0.1, 0.15) is 5.75 Å². The van der Waals surface area contributed by atoms with Gasteiger partial charge < -0.3 is 9.47 Å². The molecule has 94 valence electrons. The molecule has 0 bridgehead atoms. The SMILES string of the molecule is CCCCCCOC(=O)Oc1ccccc1.[Pu]. The standard InChI is InChI=1S/C13H18O3.Pu/c1-2-3-4-8-11-15-13(14)16-12-9-6-5-7-10-12;/h5-7,9-10H,2-4,8,11H2,1H3;. The molecule has 0 atom stereocenters. The summed E-state index contributed by atoms with van der Waals surface area (Å²) >= 11 is 0. The zero-order valence-corrected chi connectivity index (χ0v) is 13.5. The third-order valence-electron chi connectivity index (χ3n) is 2.16. The van der Waals surface area contributed by atoms with E-state index in [0.717, 1.165) is 12.8 Å². The predicted molar refractivity (Wildman–Crippen MR) is 62.6 cm³/mol. The third kappa shape index (κ3) is 8.23. The second-order valence-electron chi connectivity index (χ2n) is 3.57. The van der Waals surface area contributed by atoms with Gasteiger partial charge in [0.25, 0.3) is 0 Å². The average Bonchev–Trinajstić information content (AvgIpc) is 2.30. The Bertz CT molecular complexity index is 301. The Morgan fingerprint density at radius 3 is 2.47 bits per heavy atom. The van der Waals surface area contributed by atoms with E-state index in [1.165, 1.54) is 12.8 Å². The number of para-hydroxylation sites is 1. The maximum atomic E-state index is 11.2. The van der Waals surface area contributed by atoms with Crippen molar-refractivity contribution in [3.05, 3.63) is 30.3 Å². The Morgan fingerprint density at radius 2 is 1.82 bits per heavy atom. The maximum absolute atomic E-state index is 11.2. The van der Waals surface area contributed by atoms with Gasteiger partial charge in [0, 0.05) is 29.2 Å². The molecule has 3 nitrogen and oxygen atoms in total. The van der Waals surface area contributed by atoms with Gasteiger partial charge in [-0.3, -0.25) is 0 Å². The number of benzene rings is 1. The zero-order valence-electron chi connectivity index (χ0n) is 10.1. The van der Waals surface area contributed by atoms with E-state index in [2.05, 4.69) is 6.92 Å². The van der Waals surface area contributed by atoms with Crippen LogP contribution in [0.3, 0.4) is 0 Å². The van der Waals surface area contributed by atoms with Gasteiger partial charge in [0.2, 0.25) is 0 Å². The van der Waals surface area contributed by atoms with E-state index in [1.54, 1.807) is 12.1 Å². The minimum atomic E-state index is -0.623. The minimum Gasteiger partial charge on any atom is -0.434 e. The van der Waals surface area contributed by atoms with E-state index in [4.69, 9.17) is 9.47 Å². The first-order chi connectivity index (χ1) is 7.83. The molecular weight excluding hydrogens is 448 g/mol. The second kappa shape index (κ2) is 10.6. The van der Waals surface area contributed by atoms with Crippen molar-refractivity contribution < 1.29 is 43.4 Å². The number of rotatable bonds is 6. The van der Waals surface area contributed by atoms with Gasteiger partial charge in [-0.15, -0.1) is 0 Å². The smallest absolute Gasteiger partial charge is 0.434 e. The monoisotopic (exact) mass is 460 g/mol. The molecule has 0 saturated carbocycles. The van der Waals surface area contributed by atoms with E-state index in [9.17, 15) is 4.79 Å². The summed E-state index contributed by atoms with van der Waals surface area (Å²) in [6, 6.07) is 8.92. The van der Waals surface area contributed by atoms with Crippen LogP contribution in [0.4, 0.5) is 4.79 Å². The molecule has 0 unspecified atom stereocenters. The van der Waals surface area contributed by atoms with Gasteiger partial charge in [-0.05, 0) is 18.6 Å². The van der Waals surface area contributed by atoms with Crippen molar-refractivity contribution in [2.45, 2.75) is 32.6 Å². The summed E-state index contributed by atoms with van der Waals surface area (Å²) in [4.78, 5) is 11.2. The van der Waals surface area contributed by atoms with Gasteiger partial charge in [0.15, 0.2) is 0 Å². The molecule has 0 spiro atoms.